The van der Waals surface area contributed by atoms with E-state index in [1.54, 1.807) is 24.3 Å². The first-order valence-electron chi connectivity index (χ1n) is 10.6. The van der Waals surface area contributed by atoms with Gasteiger partial charge in [-0.15, -0.1) is 0 Å². The lowest BCUT2D eigenvalue weighted by Crippen LogP contribution is -2.65. The van der Waals surface area contributed by atoms with Gasteiger partial charge in [0, 0.05) is 38.4 Å². The molecule has 158 valence electrons. The molecule has 1 fully saturated rings. The summed E-state index contributed by atoms with van der Waals surface area (Å²) in [5, 5.41) is 3.28. The van der Waals surface area contributed by atoms with Gasteiger partial charge in [-0.3, -0.25) is 9.59 Å². The number of hydrogen-bond donors (Lipinski definition) is 1. The molecule has 3 atom stereocenters. The average Bonchev–Trinajstić information content (AvgIpc) is 3.28. The molecule has 2 aliphatic rings. The lowest BCUT2D eigenvalue weighted by Gasteiger charge is -2.45. The molecule has 0 radical (unpaired) electrons. The van der Waals surface area contributed by atoms with Crippen LogP contribution < -0.4 is 5.32 Å². The van der Waals surface area contributed by atoms with Gasteiger partial charge >= 0.3 is 0 Å². The standard InChI is InChI=1S/C22H31N3O4/c1-15-7-4-5-8-16(15)23-21(27)22(2)14-24-17-9-12-29-19(17)13-18(24)20(26)25(22)10-6-11-28-3/h9,12-13,15-16H,4-8,10-11,14H2,1-3H3,(H,23,27). The number of nitrogens with one attached hydrogen (secondary N) is 1. The zero-order valence-electron chi connectivity index (χ0n) is 17.6. The quantitative estimate of drug-likeness (QED) is 0.754. The second-order valence-corrected chi connectivity index (χ2v) is 8.70. The Bertz CT molecular complexity index is 901. The minimum absolute atomic E-state index is 0.0713. The topological polar surface area (TPSA) is 76.7 Å². The van der Waals surface area contributed by atoms with Crippen LogP contribution in [-0.4, -0.2) is 53.1 Å². The lowest BCUT2D eigenvalue weighted by atomic mass is 9.85. The van der Waals surface area contributed by atoms with Crippen LogP contribution in [0.25, 0.3) is 11.1 Å². The van der Waals surface area contributed by atoms with E-state index >= 15 is 0 Å². The molecule has 1 aliphatic heterocycles. The van der Waals surface area contributed by atoms with E-state index in [0.29, 0.717) is 43.3 Å². The Morgan fingerprint density at radius 3 is 2.93 bits per heavy atom. The van der Waals surface area contributed by atoms with Crippen LogP contribution in [0.2, 0.25) is 0 Å². The summed E-state index contributed by atoms with van der Waals surface area (Å²) >= 11 is 0. The number of fused-ring (bicyclic) bond motifs is 3. The molecule has 2 aromatic heterocycles. The van der Waals surface area contributed by atoms with Crippen LogP contribution in [-0.2, 0) is 16.1 Å². The first kappa shape index (κ1) is 20.0. The number of rotatable bonds is 6. The van der Waals surface area contributed by atoms with Gasteiger partial charge in [0.15, 0.2) is 5.58 Å². The number of nitrogens with zero attached hydrogens (tertiary/aromatic N) is 2. The van der Waals surface area contributed by atoms with Crippen LogP contribution >= 0.6 is 0 Å². The first-order chi connectivity index (χ1) is 14.0. The van der Waals surface area contributed by atoms with Gasteiger partial charge in [-0.2, -0.15) is 0 Å². The molecular formula is C22H31N3O4. The molecule has 0 saturated heterocycles. The molecule has 3 unspecified atom stereocenters. The number of carbonyl (C=O) groups is 2. The number of amides is 2. The third-order valence-electron chi connectivity index (χ3n) is 6.70. The molecule has 1 aliphatic carbocycles. The van der Waals surface area contributed by atoms with E-state index in [4.69, 9.17) is 9.15 Å². The number of ether oxygens (including phenoxy) is 1. The fourth-order valence-corrected chi connectivity index (χ4v) is 4.84. The van der Waals surface area contributed by atoms with Crippen molar-refractivity contribution >= 4 is 22.9 Å². The second-order valence-electron chi connectivity index (χ2n) is 8.70. The summed E-state index contributed by atoms with van der Waals surface area (Å²) in [7, 11) is 1.65. The van der Waals surface area contributed by atoms with Gasteiger partial charge < -0.3 is 23.9 Å². The number of furan rings is 1. The van der Waals surface area contributed by atoms with Gasteiger partial charge in [-0.05, 0) is 32.1 Å². The maximum absolute atomic E-state index is 13.6. The molecule has 2 amide bonds. The van der Waals surface area contributed by atoms with Crippen molar-refractivity contribution in [3.8, 4) is 0 Å². The third-order valence-corrected chi connectivity index (χ3v) is 6.70. The van der Waals surface area contributed by atoms with E-state index < -0.39 is 5.54 Å². The molecule has 7 heteroatoms. The van der Waals surface area contributed by atoms with Crippen molar-refractivity contribution in [2.75, 3.05) is 20.3 Å². The number of aromatic nitrogens is 1. The Morgan fingerprint density at radius 2 is 2.17 bits per heavy atom. The Balaban J connectivity index is 1.66. The molecule has 1 saturated carbocycles. The summed E-state index contributed by atoms with van der Waals surface area (Å²) in [6.07, 6.45) is 6.80. The molecular weight excluding hydrogens is 370 g/mol. The van der Waals surface area contributed by atoms with Gasteiger partial charge in [-0.25, -0.2) is 0 Å². The molecule has 1 N–H and O–H groups in total. The largest absolute Gasteiger partial charge is 0.463 e. The molecule has 3 heterocycles. The van der Waals surface area contributed by atoms with Crippen molar-refractivity contribution in [1.82, 2.24) is 14.8 Å². The maximum Gasteiger partial charge on any atom is 0.271 e. The van der Waals surface area contributed by atoms with Crippen molar-refractivity contribution in [2.45, 2.75) is 64.1 Å². The van der Waals surface area contributed by atoms with Gasteiger partial charge in [0.05, 0.1) is 18.3 Å². The highest BCUT2D eigenvalue weighted by atomic mass is 16.5. The summed E-state index contributed by atoms with van der Waals surface area (Å²) in [5.74, 6) is 0.256. The van der Waals surface area contributed by atoms with E-state index in [1.807, 2.05) is 17.6 Å². The Morgan fingerprint density at radius 1 is 1.38 bits per heavy atom. The smallest absolute Gasteiger partial charge is 0.271 e. The van der Waals surface area contributed by atoms with Crippen molar-refractivity contribution < 1.29 is 18.7 Å². The molecule has 4 rings (SSSR count). The van der Waals surface area contributed by atoms with Gasteiger partial charge in [0.25, 0.3) is 5.91 Å². The summed E-state index contributed by atoms with van der Waals surface area (Å²) in [5.41, 5.74) is 1.15. The third kappa shape index (κ3) is 3.45. The van der Waals surface area contributed by atoms with Crippen molar-refractivity contribution in [2.24, 2.45) is 5.92 Å². The van der Waals surface area contributed by atoms with Crippen molar-refractivity contribution in [3.05, 3.63) is 24.1 Å². The minimum Gasteiger partial charge on any atom is -0.463 e. The number of carbonyl (C=O) groups excluding carboxylic acids is 2. The van der Waals surface area contributed by atoms with Gasteiger partial charge in [-0.1, -0.05) is 19.8 Å². The predicted octanol–water partition coefficient (Wildman–Crippen LogP) is 3.18. The normalized spacial score (nSPS) is 27.3. The summed E-state index contributed by atoms with van der Waals surface area (Å²) in [6.45, 7) is 5.52. The highest BCUT2D eigenvalue weighted by Gasteiger charge is 2.48. The maximum atomic E-state index is 13.6. The molecule has 0 spiro atoms. The Hall–Kier alpha value is -2.28. The Kier molecular flexibility index (Phi) is 5.42. The molecule has 2 aromatic rings. The monoisotopic (exact) mass is 401 g/mol. The highest BCUT2D eigenvalue weighted by Crippen LogP contribution is 2.33. The number of methoxy groups -OCH3 is 1. The predicted molar refractivity (Wildman–Crippen MR) is 110 cm³/mol. The SMILES string of the molecule is COCCCN1C(=O)c2cc3occc3n2CC1(C)C(=O)NC1CCCCC1C. The molecule has 7 nitrogen and oxygen atoms in total. The van der Waals surface area contributed by atoms with E-state index in [9.17, 15) is 9.59 Å². The van der Waals surface area contributed by atoms with Crippen LogP contribution in [0.15, 0.2) is 22.8 Å². The van der Waals surface area contributed by atoms with E-state index in [1.165, 1.54) is 6.42 Å². The lowest BCUT2D eigenvalue weighted by molar-refractivity contribution is -0.134. The molecule has 0 aromatic carbocycles. The summed E-state index contributed by atoms with van der Waals surface area (Å²) in [6, 6.07) is 3.81. The summed E-state index contributed by atoms with van der Waals surface area (Å²) < 4.78 is 12.6. The van der Waals surface area contributed by atoms with Crippen molar-refractivity contribution in [1.29, 1.82) is 0 Å². The van der Waals surface area contributed by atoms with E-state index in [-0.39, 0.29) is 17.9 Å². The summed E-state index contributed by atoms with van der Waals surface area (Å²) in [4.78, 5) is 28.7. The number of hydrogen-bond acceptors (Lipinski definition) is 4. The zero-order valence-corrected chi connectivity index (χ0v) is 17.6. The average molecular weight is 402 g/mol. The Labute approximate surface area is 171 Å². The molecule has 0 bridgehead atoms. The minimum atomic E-state index is -0.960. The van der Waals surface area contributed by atoms with Crippen LogP contribution in [0, 0.1) is 5.92 Å². The van der Waals surface area contributed by atoms with E-state index in [2.05, 4.69) is 12.2 Å². The van der Waals surface area contributed by atoms with Crippen LogP contribution in [0.4, 0.5) is 0 Å². The fourth-order valence-electron chi connectivity index (χ4n) is 4.84. The van der Waals surface area contributed by atoms with Gasteiger partial charge in [0.2, 0.25) is 5.91 Å². The van der Waals surface area contributed by atoms with Crippen LogP contribution in [0.1, 0.15) is 56.4 Å². The fraction of sp³-hybridized carbons (Fsp3) is 0.636. The molecule has 29 heavy (non-hydrogen) atoms. The van der Waals surface area contributed by atoms with Crippen LogP contribution in [0.5, 0.6) is 0 Å². The highest BCUT2D eigenvalue weighted by molar-refractivity contribution is 6.02. The first-order valence-corrected chi connectivity index (χ1v) is 10.6. The van der Waals surface area contributed by atoms with E-state index in [0.717, 1.165) is 24.8 Å². The van der Waals surface area contributed by atoms with Crippen LogP contribution in [0.3, 0.4) is 0 Å². The van der Waals surface area contributed by atoms with Crippen molar-refractivity contribution in [3.63, 3.8) is 0 Å². The second kappa shape index (κ2) is 7.86. The zero-order chi connectivity index (χ0) is 20.6. The van der Waals surface area contributed by atoms with Gasteiger partial charge in [0.1, 0.15) is 11.2 Å².